The lowest BCUT2D eigenvalue weighted by molar-refractivity contribution is 0.412. The summed E-state index contributed by atoms with van der Waals surface area (Å²) in [6.07, 6.45) is 3.65. The number of halogens is 1. The highest BCUT2D eigenvalue weighted by molar-refractivity contribution is 6.30. The van der Waals surface area contributed by atoms with E-state index in [0.717, 1.165) is 47.2 Å². The van der Waals surface area contributed by atoms with Gasteiger partial charge >= 0.3 is 0 Å². The Balaban J connectivity index is 1.95. The molecule has 0 radical (unpaired) electrons. The Morgan fingerprint density at radius 1 is 1.29 bits per heavy atom. The number of benzene rings is 1. The van der Waals surface area contributed by atoms with Crippen LogP contribution in [0.1, 0.15) is 38.6 Å². The molecule has 3 nitrogen and oxygen atoms in total. The summed E-state index contributed by atoms with van der Waals surface area (Å²) in [5, 5.41) is 4.20. The Kier molecular flexibility index (Phi) is 5.07. The van der Waals surface area contributed by atoms with E-state index in [1.54, 1.807) is 6.20 Å². The van der Waals surface area contributed by atoms with Crippen molar-refractivity contribution in [2.45, 2.75) is 46.1 Å². The van der Waals surface area contributed by atoms with Crippen LogP contribution >= 0.6 is 11.6 Å². The van der Waals surface area contributed by atoms with E-state index in [-0.39, 0.29) is 5.54 Å². The molecule has 0 aliphatic carbocycles. The third kappa shape index (κ3) is 4.87. The monoisotopic (exact) mass is 306 g/mol. The summed E-state index contributed by atoms with van der Waals surface area (Å²) in [5.41, 5.74) is 2.30. The number of aryl methyl sites for hydroxylation is 2. The predicted octanol–water partition coefficient (Wildman–Crippen LogP) is 4.62. The Hall–Kier alpha value is -1.32. The fourth-order valence-electron chi connectivity index (χ4n) is 2.16. The summed E-state index contributed by atoms with van der Waals surface area (Å²) in [6.45, 7) is 9.48. The first-order valence-electron chi connectivity index (χ1n) is 7.31. The zero-order valence-electron chi connectivity index (χ0n) is 13.2. The summed E-state index contributed by atoms with van der Waals surface area (Å²) in [5.74, 6) is 1.60. The molecular weight excluding hydrogens is 284 g/mol. The molecule has 21 heavy (non-hydrogen) atoms. The van der Waals surface area contributed by atoms with Gasteiger partial charge in [0.05, 0.1) is 6.20 Å². The average Bonchev–Trinajstić information content (AvgIpc) is 2.82. The summed E-state index contributed by atoms with van der Waals surface area (Å²) < 4.78 is 5.84. The summed E-state index contributed by atoms with van der Waals surface area (Å²) in [7, 11) is 0. The van der Waals surface area contributed by atoms with E-state index < -0.39 is 0 Å². The minimum absolute atomic E-state index is 0.155. The van der Waals surface area contributed by atoms with E-state index in [9.17, 15) is 0 Å². The first-order chi connectivity index (χ1) is 9.85. The number of aromatic nitrogens is 1. The molecule has 1 aromatic carbocycles. The Bertz CT molecular complexity index is 599. The molecule has 2 aromatic rings. The number of oxazole rings is 1. The van der Waals surface area contributed by atoms with Crippen molar-refractivity contribution in [2.75, 3.05) is 6.54 Å². The Labute approximate surface area is 131 Å². The van der Waals surface area contributed by atoms with Crippen molar-refractivity contribution in [3.05, 3.63) is 40.9 Å². The highest BCUT2D eigenvalue weighted by atomic mass is 35.5. The standard InChI is InChI=1S/C17H23ClN2O/c1-12-10-13(18)7-8-14(12)15-11-19-16(21-15)6-5-9-20-17(2,3)4/h7-8,10-11,20H,5-6,9H2,1-4H3. The van der Waals surface area contributed by atoms with Crippen molar-refractivity contribution in [1.82, 2.24) is 10.3 Å². The van der Waals surface area contributed by atoms with Crippen LogP contribution in [0.2, 0.25) is 5.02 Å². The molecule has 1 heterocycles. The van der Waals surface area contributed by atoms with Gasteiger partial charge in [-0.3, -0.25) is 0 Å². The molecule has 2 rings (SSSR count). The highest BCUT2D eigenvalue weighted by Crippen LogP contribution is 2.26. The van der Waals surface area contributed by atoms with E-state index in [4.69, 9.17) is 16.0 Å². The number of rotatable bonds is 5. The van der Waals surface area contributed by atoms with Crippen molar-refractivity contribution in [3.63, 3.8) is 0 Å². The minimum Gasteiger partial charge on any atom is -0.441 e. The van der Waals surface area contributed by atoms with Crippen molar-refractivity contribution in [2.24, 2.45) is 0 Å². The van der Waals surface area contributed by atoms with E-state index in [0.29, 0.717) is 0 Å². The molecule has 0 fully saturated rings. The first-order valence-corrected chi connectivity index (χ1v) is 7.69. The fraction of sp³-hybridized carbons (Fsp3) is 0.471. The zero-order chi connectivity index (χ0) is 15.5. The van der Waals surface area contributed by atoms with Crippen LogP contribution in [0.3, 0.4) is 0 Å². The third-order valence-electron chi connectivity index (χ3n) is 3.23. The van der Waals surface area contributed by atoms with Crippen molar-refractivity contribution >= 4 is 11.6 Å². The second-order valence-electron chi connectivity index (χ2n) is 6.36. The molecule has 0 saturated heterocycles. The van der Waals surface area contributed by atoms with E-state index in [1.165, 1.54) is 0 Å². The minimum atomic E-state index is 0.155. The maximum atomic E-state index is 5.98. The molecule has 1 aromatic heterocycles. The van der Waals surface area contributed by atoms with Gasteiger partial charge in [0.25, 0.3) is 0 Å². The van der Waals surface area contributed by atoms with Crippen LogP contribution in [-0.2, 0) is 6.42 Å². The van der Waals surface area contributed by atoms with E-state index in [1.807, 2.05) is 25.1 Å². The van der Waals surface area contributed by atoms with Crippen molar-refractivity contribution < 1.29 is 4.42 Å². The topological polar surface area (TPSA) is 38.1 Å². The van der Waals surface area contributed by atoms with Gasteiger partial charge in [0.2, 0.25) is 0 Å². The number of nitrogens with one attached hydrogen (secondary N) is 1. The molecule has 0 bridgehead atoms. The first kappa shape index (κ1) is 16.1. The molecule has 0 unspecified atom stereocenters. The Morgan fingerprint density at radius 3 is 2.71 bits per heavy atom. The van der Waals surface area contributed by atoms with Gasteiger partial charge in [-0.25, -0.2) is 4.98 Å². The number of hydrogen-bond acceptors (Lipinski definition) is 3. The highest BCUT2D eigenvalue weighted by Gasteiger charge is 2.10. The summed E-state index contributed by atoms with van der Waals surface area (Å²) in [6, 6.07) is 5.79. The largest absolute Gasteiger partial charge is 0.441 e. The molecule has 0 aliphatic heterocycles. The third-order valence-corrected chi connectivity index (χ3v) is 3.47. The van der Waals surface area contributed by atoms with Gasteiger partial charge in [-0.05, 0) is 64.4 Å². The lowest BCUT2D eigenvalue weighted by Gasteiger charge is -2.20. The molecule has 0 aliphatic rings. The molecule has 0 atom stereocenters. The molecule has 0 spiro atoms. The Morgan fingerprint density at radius 2 is 2.05 bits per heavy atom. The van der Waals surface area contributed by atoms with Crippen LogP contribution in [0.25, 0.3) is 11.3 Å². The maximum Gasteiger partial charge on any atom is 0.194 e. The van der Waals surface area contributed by atoms with Crippen LogP contribution in [0, 0.1) is 6.92 Å². The van der Waals surface area contributed by atoms with Gasteiger partial charge in [0, 0.05) is 22.5 Å². The smallest absolute Gasteiger partial charge is 0.194 e. The summed E-state index contributed by atoms with van der Waals surface area (Å²) in [4.78, 5) is 4.36. The average molecular weight is 307 g/mol. The van der Waals surface area contributed by atoms with E-state index >= 15 is 0 Å². The predicted molar refractivity (Wildman–Crippen MR) is 87.8 cm³/mol. The van der Waals surface area contributed by atoms with Gasteiger partial charge in [-0.15, -0.1) is 0 Å². The van der Waals surface area contributed by atoms with Crippen LogP contribution in [0.15, 0.2) is 28.8 Å². The SMILES string of the molecule is Cc1cc(Cl)ccc1-c1cnc(CCCNC(C)(C)C)o1. The normalized spacial score (nSPS) is 11.9. The maximum absolute atomic E-state index is 5.98. The van der Waals surface area contributed by atoms with Crippen LogP contribution in [-0.4, -0.2) is 17.1 Å². The molecule has 0 amide bonds. The van der Waals surface area contributed by atoms with Gasteiger partial charge in [-0.2, -0.15) is 0 Å². The molecular formula is C17H23ClN2O. The lowest BCUT2D eigenvalue weighted by atomic mass is 10.1. The quantitative estimate of drug-likeness (QED) is 0.819. The lowest BCUT2D eigenvalue weighted by Crippen LogP contribution is -2.36. The summed E-state index contributed by atoms with van der Waals surface area (Å²) >= 11 is 5.98. The second kappa shape index (κ2) is 6.63. The molecule has 4 heteroatoms. The molecule has 0 saturated carbocycles. The fourth-order valence-corrected chi connectivity index (χ4v) is 2.38. The van der Waals surface area contributed by atoms with Crippen LogP contribution in [0.5, 0.6) is 0 Å². The number of hydrogen-bond donors (Lipinski definition) is 1. The van der Waals surface area contributed by atoms with Crippen LogP contribution < -0.4 is 5.32 Å². The van der Waals surface area contributed by atoms with Crippen molar-refractivity contribution in [1.29, 1.82) is 0 Å². The zero-order valence-corrected chi connectivity index (χ0v) is 13.9. The van der Waals surface area contributed by atoms with Gasteiger partial charge in [-0.1, -0.05) is 11.6 Å². The molecule has 114 valence electrons. The van der Waals surface area contributed by atoms with Gasteiger partial charge < -0.3 is 9.73 Å². The second-order valence-corrected chi connectivity index (χ2v) is 6.79. The van der Waals surface area contributed by atoms with Gasteiger partial charge in [0.1, 0.15) is 0 Å². The van der Waals surface area contributed by atoms with Crippen molar-refractivity contribution in [3.8, 4) is 11.3 Å². The van der Waals surface area contributed by atoms with E-state index in [2.05, 4.69) is 31.1 Å². The van der Waals surface area contributed by atoms with Gasteiger partial charge in [0.15, 0.2) is 11.7 Å². The molecule has 1 N–H and O–H groups in total. The number of nitrogens with zero attached hydrogens (tertiary/aromatic N) is 1. The van der Waals surface area contributed by atoms with Crippen LogP contribution in [0.4, 0.5) is 0 Å².